The maximum absolute atomic E-state index is 5.66. The summed E-state index contributed by atoms with van der Waals surface area (Å²) >= 11 is 9.03. The molecule has 0 unspecified atom stereocenters. The SMILES string of the molecule is Cc1oc(Cl)nc1-c1ccc(Br)cc1. The van der Waals surface area contributed by atoms with E-state index in [1.807, 2.05) is 31.2 Å². The molecule has 0 saturated carbocycles. The Bertz CT molecular complexity index is 450. The zero-order valence-electron chi connectivity index (χ0n) is 7.42. The van der Waals surface area contributed by atoms with Gasteiger partial charge in [-0.25, -0.2) is 0 Å². The van der Waals surface area contributed by atoms with Crippen LogP contribution in [0.4, 0.5) is 0 Å². The molecule has 0 aliphatic carbocycles. The molecule has 0 radical (unpaired) electrons. The Balaban J connectivity index is 2.49. The quantitative estimate of drug-likeness (QED) is 0.782. The number of benzene rings is 1. The fourth-order valence-corrected chi connectivity index (χ4v) is 1.70. The molecule has 0 bridgehead atoms. The van der Waals surface area contributed by atoms with Crippen LogP contribution in [0.3, 0.4) is 0 Å². The number of hydrogen-bond acceptors (Lipinski definition) is 2. The highest BCUT2D eigenvalue weighted by Gasteiger charge is 2.09. The van der Waals surface area contributed by atoms with Crippen LogP contribution in [-0.2, 0) is 0 Å². The fourth-order valence-electron chi connectivity index (χ4n) is 1.24. The predicted molar refractivity (Wildman–Crippen MR) is 59.4 cm³/mol. The van der Waals surface area contributed by atoms with Gasteiger partial charge in [0.1, 0.15) is 11.5 Å². The van der Waals surface area contributed by atoms with Gasteiger partial charge in [-0.3, -0.25) is 0 Å². The third-order valence-corrected chi connectivity index (χ3v) is 2.58. The molecule has 4 heteroatoms. The number of halogens is 2. The van der Waals surface area contributed by atoms with Crippen LogP contribution in [0.25, 0.3) is 11.3 Å². The number of oxazole rings is 1. The van der Waals surface area contributed by atoms with E-state index in [4.69, 9.17) is 16.0 Å². The van der Waals surface area contributed by atoms with Crippen LogP contribution in [0, 0.1) is 6.92 Å². The molecule has 2 aromatic rings. The molecule has 2 nitrogen and oxygen atoms in total. The summed E-state index contributed by atoms with van der Waals surface area (Å²) in [7, 11) is 0. The van der Waals surface area contributed by atoms with Gasteiger partial charge in [0.15, 0.2) is 0 Å². The van der Waals surface area contributed by atoms with Crippen molar-refractivity contribution in [2.45, 2.75) is 6.92 Å². The van der Waals surface area contributed by atoms with Crippen molar-refractivity contribution in [3.63, 3.8) is 0 Å². The lowest BCUT2D eigenvalue weighted by molar-refractivity contribution is 0.530. The maximum Gasteiger partial charge on any atom is 0.292 e. The van der Waals surface area contributed by atoms with Crippen molar-refractivity contribution in [2.24, 2.45) is 0 Å². The summed E-state index contributed by atoms with van der Waals surface area (Å²) in [4.78, 5) is 4.09. The standard InChI is InChI=1S/C10H7BrClNO/c1-6-9(13-10(12)14-6)7-2-4-8(11)5-3-7/h2-5H,1H3. The van der Waals surface area contributed by atoms with E-state index >= 15 is 0 Å². The summed E-state index contributed by atoms with van der Waals surface area (Å²) in [5.74, 6) is 0.734. The van der Waals surface area contributed by atoms with Gasteiger partial charge >= 0.3 is 0 Å². The molecule has 0 aliphatic rings. The highest BCUT2D eigenvalue weighted by Crippen LogP contribution is 2.26. The monoisotopic (exact) mass is 271 g/mol. The molecule has 0 spiro atoms. The molecule has 0 N–H and O–H groups in total. The number of rotatable bonds is 1. The number of nitrogens with zero attached hydrogens (tertiary/aromatic N) is 1. The molecular formula is C10H7BrClNO. The number of hydrogen-bond donors (Lipinski definition) is 0. The van der Waals surface area contributed by atoms with Crippen LogP contribution in [0.5, 0.6) is 0 Å². The summed E-state index contributed by atoms with van der Waals surface area (Å²) in [6.07, 6.45) is 0. The molecule has 0 amide bonds. The van der Waals surface area contributed by atoms with E-state index in [-0.39, 0.29) is 5.35 Å². The Labute approximate surface area is 95.0 Å². The number of aryl methyl sites for hydroxylation is 1. The van der Waals surface area contributed by atoms with Crippen LogP contribution in [0.2, 0.25) is 5.35 Å². The fraction of sp³-hybridized carbons (Fsp3) is 0.100. The summed E-state index contributed by atoms with van der Waals surface area (Å²) in [5, 5.41) is 0.181. The van der Waals surface area contributed by atoms with Crippen molar-refractivity contribution in [1.82, 2.24) is 4.98 Å². The lowest BCUT2D eigenvalue weighted by Crippen LogP contribution is -1.79. The highest BCUT2D eigenvalue weighted by molar-refractivity contribution is 9.10. The molecule has 1 heterocycles. The van der Waals surface area contributed by atoms with Crippen LogP contribution < -0.4 is 0 Å². The summed E-state index contributed by atoms with van der Waals surface area (Å²) in [6, 6.07) is 7.84. The Kier molecular flexibility index (Phi) is 2.61. The second kappa shape index (κ2) is 3.75. The second-order valence-corrected chi connectivity index (χ2v) is 4.12. The van der Waals surface area contributed by atoms with E-state index in [1.165, 1.54) is 0 Å². The van der Waals surface area contributed by atoms with Crippen molar-refractivity contribution in [3.8, 4) is 11.3 Å². The lowest BCUT2D eigenvalue weighted by Gasteiger charge is -1.96. The zero-order valence-corrected chi connectivity index (χ0v) is 9.76. The van der Waals surface area contributed by atoms with Gasteiger partial charge in [-0.05, 0) is 30.7 Å². The Morgan fingerprint density at radius 3 is 2.43 bits per heavy atom. The molecule has 2 rings (SSSR count). The Morgan fingerprint density at radius 1 is 1.29 bits per heavy atom. The molecule has 0 saturated heterocycles. The summed E-state index contributed by atoms with van der Waals surface area (Å²) in [6.45, 7) is 1.84. The molecular weight excluding hydrogens is 265 g/mol. The average Bonchev–Trinajstić information content (AvgIpc) is 2.47. The minimum Gasteiger partial charge on any atom is -0.432 e. The molecule has 0 fully saturated rings. The van der Waals surface area contributed by atoms with Crippen LogP contribution in [0.1, 0.15) is 5.76 Å². The predicted octanol–water partition coefficient (Wildman–Crippen LogP) is 4.07. The Hall–Kier alpha value is -0.800. The van der Waals surface area contributed by atoms with Gasteiger partial charge in [-0.2, -0.15) is 4.98 Å². The van der Waals surface area contributed by atoms with Crippen molar-refractivity contribution in [1.29, 1.82) is 0 Å². The maximum atomic E-state index is 5.66. The van der Waals surface area contributed by atoms with E-state index in [1.54, 1.807) is 0 Å². The van der Waals surface area contributed by atoms with Gasteiger partial charge < -0.3 is 4.42 Å². The topological polar surface area (TPSA) is 26.0 Å². The largest absolute Gasteiger partial charge is 0.432 e. The molecule has 0 aliphatic heterocycles. The third-order valence-electron chi connectivity index (χ3n) is 1.89. The van der Waals surface area contributed by atoms with E-state index in [0.29, 0.717) is 0 Å². The van der Waals surface area contributed by atoms with Crippen LogP contribution in [-0.4, -0.2) is 4.98 Å². The van der Waals surface area contributed by atoms with Crippen LogP contribution in [0.15, 0.2) is 33.2 Å². The molecule has 1 aromatic heterocycles. The van der Waals surface area contributed by atoms with Gasteiger partial charge in [0, 0.05) is 10.0 Å². The smallest absolute Gasteiger partial charge is 0.292 e. The molecule has 14 heavy (non-hydrogen) atoms. The van der Waals surface area contributed by atoms with Gasteiger partial charge in [0.2, 0.25) is 0 Å². The average molecular weight is 273 g/mol. The van der Waals surface area contributed by atoms with Crippen LogP contribution >= 0.6 is 27.5 Å². The minimum absolute atomic E-state index is 0.181. The van der Waals surface area contributed by atoms with E-state index in [2.05, 4.69) is 20.9 Å². The number of aromatic nitrogens is 1. The summed E-state index contributed by atoms with van der Waals surface area (Å²) < 4.78 is 6.18. The minimum atomic E-state index is 0.181. The normalized spacial score (nSPS) is 10.5. The Morgan fingerprint density at radius 2 is 1.93 bits per heavy atom. The van der Waals surface area contributed by atoms with Gasteiger partial charge in [0.25, 0.3) is 5.35 Å². The third kappa shape index (κ3) is 1.83. The van der Waals surface area contributed by atoms with E-state index < -0.39 is 0 Å². The first-order valence-corrected chi connectivity index (χ1v) is 5.23. The first kappa shape index (κ1) is 9.74. The van der Waals surface area contributed by atoms with Crippen molar-refractivity contribution in [3.05, 3.63) is 39.8 Å². The first-order chi connectivity index (χ1) is 6.66. The van der Waals surface area contributed by atoms with Gasteiger partial charge in [-0.15, -0.1) is 0 Å². The van der Waals surface area contributed by atoms with E-state index in [9.17, 15) is 0 Å². The van der Waals surface area contributed by atoms with Crippen molar-refractivity contribution >= 4 is 27.5 Å². The van der Waals surface area contributed by atoms with Crippen molar-refractivity contribution < 1.29 is 4.42 Å². The van der Waals surface area contributed by atoms with Gasteiger partial charge in [0.05, 0.1) is 0 Å². The van der Waals surface area contributed by atoms with Gasteiger partial charge in [-0.1, -0.05) is 28.1 Å². The molecule has 1 aromatic carbocycles. The summed E-state index contributed by atoms with van der Waals surface area (Å²) in [5.41, 5.74) is 1.80. The second-order valence-electron chi connectivity index (χ2n) is 2.88. The molecule has 0 atom stereocenters. The van der Waals surface area contributed by atoms with Crippen molar-refractivity contribution in [2.75, 3.05) is 0 Å². The zero-order chi connectivity index (χ0) is 10.1. The van der Waals surface area contributed by atoms with E-state index in [0.717, 1.165) is 21.5 Å². The highest BCUT2D eigenvalue weighted by atomic mass is 79.9. The first-order valence-electron chi connectivity index (χ1n) is 4.05. The molecule has 72 valence electrons. The lowest BCUT2D eigenvalue weighted by atomic mass is 10.1.